The Labute approximate surface area is 106 Å². The molecule has 0 bridgehead atoms. The number of likely N-dealkylation sites (tertiary alicyclic amines) is 1. The van der Waals surface area contributed by atoms with Gasteiger partial charge in [0.2, 0.25) is 0 Å². The number of nitrogens with two attached hydrogens (primary N) is 1. The smallest absolute Gasteiger partial charge is 0.0254 e. The van der Waals surface area contributed by atoms with E-state index in [1.807, 2.05) is 0 Å². The van der Waals surface area contributed by atoms with Gasteiger partial charge in [-0.1, -0.05) is 19.8 Å². The number of nitrogens with zero attached hydrogens (tertiary/aromatic N) is 2. The van der Waals surface area contributed by atoms with Crippen molar-refractivity contribution >= 4 is 0 Å². The minimum Gasteiger partial charge on any atom is -0.326 e. The molecular formula is C14H29N3. The third-order valence-electron chi connectivity index (χ3n) is 4.79. The topological polar surface area (TPSA) is 32.5 Å². The highest BCUT2D eigenvalue weighted by molar-refractivity contribution is 4.89. The van der Waals surface area contributed by atoms with Gasteiger partial charge in [-0.05, 0) is 38.8 Å². The molecule has 3 atom stereocenters. The summed E-state index contributed by atoms with van der Waals surface area (Å²) in [5, 5.41) is 0. The summed E-state index contributed by atoms with van der Waals surface area (Å²) in [5.41, 5.74) is 6.37. The van der Waals surface area contributed by atoms with Crippen molar-refractivity contribution in [3.05, 3.63) is 0 Å². The molecule has 1 saturated carbocycles. The molecule has 0 aromatic rings. The van der Waals surface area contributed by atoms with Gasteiger partial charge in [-0.25, -0.2) is 0 Å². The number of likely N-dealkylation sites (N-methyl/N-ethyl adjacent to an activating group) is 1. The molecule has 2 aliphatic rings. The molecule has 2 rings (SSSR count). The quantitative estimate of drug-likeness (QED) is 0.804. The molecule has 3 heteroatoms. The van der Waals surface area contributed by atoms with Crippen molar-refractivity contribution in [3.63, 3.8) is 0 Å². The average Bonchev–Trinajstić information content (AvgIpc) is 2.86. The third-order valence-corrected chi connectivity index (χ3v) is 4.79. The second-order valence-electron chi connectivity index (χ2n) is 6.44. The molecule has 3 nitrogen and oxygen atoms in total. The van der Waals surface area contributed by atoms with Crippen molar-refractivity contribution in [1.29, 1.82) is 0 Å². The van der Waals surface area contributed by atoms with Gasteiger partial charge >= 0.3 is 0 Å². The lowest BCUT2D eigenvalue weighted by Crippen LogP contribution is -2.42. The number of hydrogen-bond donors (Lipinski definition) is 1. The first kappa shape index (κ1) is 13.3. The molecule has 3 unspecified atom stereocenters. The Morgan fingerprint density at radius 1 is 1.24 bits per heavy atom. The Kier molecular flexibility index (Phi) is 4.45. The minimum atomic E-state index is 0.408. The zero-order valence-corrected chi connectivity index (χ0v) is 11.7. The van der Waals surface area contributed by atoms with Crippen LogP contribution in [0.4, 0.5) is 0 Å². The molecule has 0 aromatic heterocycles. The van der Waals surface area contributed by atoms with Gasteiger partial charge in [0.05, 0.1) is 0 Å². The Balaban J connectivity index is 1.80. The Morgan fingerprint density at radius 3 is 2.41 bits per heavy atom. The van der Waals surface area contributed by atoms with E-state index in [9.17, 15) is 0 Å². The van der Waals surface area contributed by atoms with Crippen LogP contribution in [0.1, 0.15) is 32.6 Å². The van der Waals surface area contributed by atoms with E-state index in [1.54, 1.807) is 0 Å². The highest BCUT2D eigenvalue weighted by atomic mass is 15.2. The largest absolute Gasteiger partial charge is 0.326 e. The fourth-order valence-corrected chi connectivity index (χ4v) is 3.70. The van der Waals surface area contributed by atoms with Gasteiger partial charge in [0, 0.05) is 31.7 Å². The second kappa shape index (κ2) is 5.68. The van der Waals surface area contributed by atoms with Crippen LogP contribution in [-0.4, -0.2) is 55.6 Å². The lowest BCUT2D eigenvalue weighted by molar-refractivity contribution is 0.237. The van der Waals surface area contributed by atoms with Crippen molar-refractivity contribution in [3.8, 4) is 0 Å². The van der Waals surface area contributed by atoms with Crippen LogP contribution in [0.2, 0.25) is 0 Å². The van der Waals surface area contributed by atoms with E-state index in [-0.39, 0.29) is 0 Å². The molecule has 0 spiro atoms. The number of hydrogen-bond acceptors (Lipinski definition) is 3. The van der Waals surface area contributed by atoms with Crippen LogP contribution >= 0.6 is 0 Å². The monoisotopic (exact) mass is 239 g/mol. The molecule has 1 aliphatic heterocycles. The molecule has 2 N–H and O–H groups in total. The lowest BCUT2D eigenvalue weighted by atomic mass is 9.99. The minimum absolute atomic E-state index is 0.408. The first-order valence-corrected chi connectivity index (χ1v) is 7.22. The van der Waals surface area contributed by atoms with Gasteiger partial charge in [-0.2, -0.15) is 0 Å². The molecular weight excluding hydrogens is 210 g/mol. The highest BCUT2D eigenvalue weighted by Gasteiger charge is 2.33. The molecule has 2 fully saturated rings. The maximum atomic E-state index is 6.37. The van der Waals surface area contributed by atoms with Gasteiger partial charge in [0.25, 0.3) is 0 Å². The summed E-state index contributed by atoms with van der Waals surface area (Å²) in [5.74, 6) is 1.57. The van der Waals surface area contributed by atoms with Gasteiger partial charge in [0.15, 0.2) is 0 Å². The molecule has 100 valence electrons. The Hall–Kier alpha value is -0.120. The molecule has 0 radical (unpaired) electrons. The van der Waals surface area contributed by atoms with Crippen molar-refractivity contribution < 1.29 is 0 Å². The predicted octanol–water partition coefficient (Wildman–Crippen LogP) is 1.39. The summed E-state index contributed by atoms with van der Waals surface area (Å²) in [6, 6.07) is 1.12. The first-order valence-electron chi connectivity index (χ1n) is 7.22. The normalized spacial score (nSPS) is 33.7. The summed E-state index contributed by atoms with van der Waals surface area (Å²) in [6.45, 7) is 5.91. The number of rotatable bonds is 4. The van der Waals surface area contributed by atoms with Gasteiger partial charge < -0.3 is 10.6 Å². The van der Waals surface area contributed by atoms with E-state index in [1.165, 1.54) is 38.8 Å². The highest BCUT2D eigenvalue weighted by Crippen LogP contribution is 2.28. The van der Waals surface area contributed by atoms with E-state index >= 15 is 0 Å². The van der Waals surface area contributed by atoms with Crippen molar-refractivity contribution in [2.24, 2.45) is 17.6 Å². The SMILES string of the molecule is CC1CN(CC(N)C2CCCC2)CC1N(C)C. The van der Waals surface area contributed by atoms with Gasteiger partial charge in [0.1, 0.15) is 0 Å². The summed E-state index contributed by atoms with van der Waals surface area (Å²) in [7, 11) is 4.39. The van der Waals surface area contributed by atoms with E-state index < -0.39 is 0 Å². The summed E-state index contributed by atoms with van der Waals surface area (Å²) in [6.07, 6.45) is 5.52. The van der Waals surface area contributed by atoms with E-state index in [0.29, 0.717) is 12.1 Å². The first-order chi connectivity index (χ1) is 8.08. The van der Waals surface area contributed by atoms with Crippen LogP contribution in [0.3, 0.4) is 0 Å². The maximum absolute atomic E-state index is 6.37. The van der Waals surface area contributed by atoms with Crippen LogP contribution in [0.5, 0.6) is 0 Å². The van der Waals surface area contributed by atoms with Crippen LogP contribution in [-0.2, 0) is 0 Å². The van der Waals surface area contributed by atoms with Crippen LogP contribution in [0, 0.1) is 11.8 Å². The van der Waals surface area contributed by atoms with Crippen LogP contribution in [0.15, 0.2) is 0 Å². The molecule has 17 heavy (non-hydrogen) atoms. The summed E-state index contributed by atoms with van der Waals surface area (Å²) in [4.78, 5) is 4.95. The van der Waals surface area contributed by atoms with Gasteiger partial charge in [-0.15, -0.1) is 0 Å². The molecule has 0 amide bonds. The fraction of sp³-hybridized carbons (Fsp3) is 1.00. The summed E-state index contributed by atoms with van der Waals surface area (Å²) >= 11 is 0. The predicted molar refractivity (Wildman–Crippen MR) is 73.0 cm³/mol. The zero-order valence-electron chi connectivity index (χ0n) is 11.7. The van der Waals surface area contributed by atoms with Crippen molar-refractivity contribution in [1.82, 2.24) is 9.80 Å². The van der Waals surface area contributed by atoms with Crippen molar-refractivity contribution in [2.75, 3.05) is 33.7 Å². The van der Waals surface area contributed by atoms with E-state index in [4.69, 9.17) is 5.73 Å². The second-order valence-corrected chi connectivity index (χ2v) is 6.44. The van der Waals surface area contributed by atoms with E-state index in [2.05, 4.69) is 30.8 Å². The molecule has 0 aromatic carbocycles. The molecule has 1 aliphatic carbocycles. The van der Waals surface area contributed by atoms with E-state index in [0.717, 1.165) is 18.4 Å². The van der Waals surface area contributed by atoms with Crippen LogP contribution < -0.4 is 5.73 Å². The maximum Gasteiger partial charge on any atom is 0.0254 e. The van der Waals surface area contributed by atoms with Crippen molar-refractivity contribution in [2.45, 2.75) is 44.7 Å². The average molecular weight is 239 g/mol. The van der Waals surface area contributed by atoms with Crippen LogP contribution in [0.25, 0.3) is 0 Å². The molecule has 1 heterocycles. The molecule has 1 saturated heterocycles. The standard InChI is InChI=1S/C14H29N3/c1-11-8-17(10-14(11)16(2)3)9-13(15)12-6-4-5-7-12/h11-14H,4-10,15H2,1-3H3. The fourth-order valence-electron chi connectivity index (χ4n) is 3.70. The summed E-state index contributed by atoms with van der Waals surface area (Å²) < 4.78 is 0. The Bertz CT molecular complexity index is 236. The van der Waals surface area contributed by atoms with Gasteiger partial charge in [-0.3, -0.25) is 4.90 Å². The zero-order chi connectivity index (χ0) is 12.4. The Morgan fingerprint density at radius 2 is 1.88 bits per heavy atom. The third kappa shape index (κ3) is 3.21. The lowest BCUT2D eigenvalue weighted by Gasteiger charge is -2.26.